The van der Waals surface area contributed by atoms with Crippen molar-refractivity contribution in [2.24, 2.45) is 11.8 Å². The van der Waals surface area contributed by atoms with E-state index < -0.39 is 14.6 Å². The van der Waals surface area contributed by atoms with Gasteiger partial charge in [-0.1, -0.05) is 25.0 Å². The Hall–Kier alpha value is -1.03. The van der Waals surface area contributed by atoms with Crippen LogP contribution in [0.15, 0.2) is 24.3 Å². The van der Waals surface area contributed by atoms with Gasteiger partial charge in [-0.05, 0) is 88.8 Å². The fraction of sp³-hybridized carbons (Fsp3) is 0.739. The van der Waals surface area contributed by atoms with E-state index in [1.54, 1.807) is 0 Å². The first-order chi connectivity index (χ1) is 12.7. The highest BCUT2D eigenvalue weighted by atomic mass is 32.2. The molecule has 0 amide bonds. The number of sulfone groups is 1. The van der Waals surface area contributed by atoms with Crippen LogP contribution >= 0.6 is 0 Å². The molecule has 3 nitrogen and oxygen atoms in total. The van der Waals surface area contributed by atoms with E-state index in [0.717, 1.165) is 25.2 Å². The molecule has 1 heterocycles. The molecule has 0 atom stereocenters. The molecule has 1 saturated carbocycles. The van der Waals surface area contributed by atoms with E-state index in [-0.39, 0.29) is 0 Å². The third-order valence-corrected chi connectivity index (χ3v) is 9.38. The van der Waals surface area contributed by atoms with Crippen LogP contribution in [0.25, 0.3) is 0 Å². The van der Waals surface area contributed by atoms with Crippen molar-refractivity contribution in [2.45, 2.75) is 76.9 Å². The number of anilines is 1. The van der Waals surface area contributed by atoms with Crippen LogP contribution in [0.3, 0.4) is 0 Å². The van der Waals surface area contributed by atoms with Crippen LogP contribution in [-0.2, 0) is 16.3 Å². The molecule has 1 aliphatic heterocycles. The third kappa shape index (κ3) is 5.49. The topological polar surface area (TPSA) is 37.4 Å². The molecule has 27 heavy (non-hydrogen) atoms. The SMILES string of the molecule is CC(C)(C)S(=O)(=O)CC1CCC(CCc2ccc(N3CCCC3)cc2)CC1. The Bertz CT molecular complexity index is 689. The summed E-state index contributed by atoms with van der Waals surface area (Å²) in [6, 6.07) is 9.17. The monoisotopic (exact) mass is 391 g/mol. The van der Waals surface area contributed by atoms with Crippen molar-refractivity contribution >= 4 is 15.5 Å². The predicted octanol–water partition coefficient (Wildman–Crippen LogP) is 5.24. The molecule has 2 fully saturated rings. The van der Waals surface area contributed by atoms with Crippen molar-refractivity contribution < 1.29 is 8.42 Å². The number of benzene rings is 1. The summed E-state index contributed by atoms with van der Waals surface area (Å²) in [4.78, 5) is 2.48. The van der Waals surface area contributed by atoms with Crippen LogP contribution < -0.4 is 4.90 Å². The first kappa shape index (κ1) is 20.7. The number of rotatable bonds is 6. The average molecular weight is 392 g/mol. The molecule has 1 saturated heterocycles. The molecule has 0 aromatic heterocycles. The molecule has 2 aliphatic rings. The highest BCUT2D eigenvalue weighted by molar-refractivity contribution is 7.92. The van der Waals surface area contributed by atoms with E-state index in [0.29, 0.717) is 11.7 Å². The van der Waals surface area contributed by atoms with E-state index in [4.69, 9.17) is 0 Å². The number of hydrogen-bond donors (Lipinski definition) is 0. The molecular formula is C23H37NO2S. The fourth-order valence-electron chi connectivity index (χ4n) is 4.47. The van der Waals surface area contributed by atoms with Gasteiger partial charge >= 0.3 is 0 Å². The Morgan fingerprint density at radius 1 is 0.926 bits per heavy atom. The highest BCUT2D eigenvalue weighted by Crippen LogP contribution is 2.34. The Morgan fingerprint density at radius 3 is 2.04 bits per heavy atom. The zero-order valence-corrected chi connectivity index (χ0v) is 18.2. The van der Waals surface area contributed by atoms with Crippen molar-refractivity contribution in [3.05, 3.63) is 29.8 Å². The van der Waals surface area contributed by atoms with Gasteiger partial charge in [-0.3, -0.25) is 0 Å². The number of aryl methyl sites for hydroxylation is 1. The standard InChI is InChI=1S/C23H37NO2S/c1-23(2,3)27(25,26)18-21-10-8-19(9-11-21)6-7-20-12-14-22(15-13-20)24-16-4-5-17-24/h12-15,19,21H,4-11,16-18H2,1-3H3. The molecule has 152 valence electrons. The van der Waals surface area contributed by atoms with Crippen molar-refractivity contribution in [1.82, 2.24) is 0 Å². The van der Waals surface area contributed by atoms with Crippen LogP contribution in [0.2, 0.25) is 0 Å². The molecule has 0 spiro atoms. The van der Waals surface area contributed by atoms with E-state index in [1.807, 2.05) is 20.8 Å². The second kappa shape index (κ2) is 8.55. The van der Waals surface area contributed by atoms with Gasteiger partial charge < -0.3 is 4.90 Å². The van der Waals surface area contributed by atoms with Gasteiger partial charge in [0, 0.05) is 18.8 Å². The van der Waals surface area contributed by atoms with Gasteiger partial charge in [0.25, 0.3) is 0 Å². The largest absolute Gasteiger partial charge is 0.372 e. The van der Waals surface area contributed by atoms with Crippen LogP contribution in [0.4, 0.5) is 5.69 Å². The number of nitrogens with zero attached hydrogens (tertiary/aromatic N) is 1. The van der Waals surface area contributed by atoms with E-state index >= 15 is 0 Å². The number of hydrogen-bond acceptors (Lipinski definition) is 3. The molecule has 1 aliphatic carbocycles. The van der Waals surface area contributed by atoms with Crippen molar-refractivity contribution in [2.75, 3.05) is 23.7 Å². The summed E-state index contributed by atoms with van der Waals surface area (Å²) in [5, 5.41) is 0. The Labute approximate surface area is 166 Å². The van der Waals surface area contributed by atoms with Crippen molar-refractivity contribution in [3.8, 4) is 0 Å². The van der Waals surface area contributed by atoms with Gasteiger partial charge in [-0.25, -0.2) is 8.42 Å². The van der Waals surface area contributed by atoms with E-state index in [2.05, 4.69) is 29.2 Å². The lowest BCUT2D eigenvalue weighted by Crippen LogP contribution is -2.34. The molecule has 1 aromatic rings. The van der Waals surface area contributed by atoms with Gasteiger partial charge in [-0.2, -0.15) is 0 Å². The van der Waals surface area contributed by atoms with E-state index in [9.17, 15) is 8.42 Å². The summed E-state index contributed by atoms with van der Waals surface area (Å²) in [6.07, 6.45) is 9.56. The summed E-state index contributed by atoms with van der Waals surface area (Å²) >= 11 is 0. The molecule has 0 bridgehead atoms. The smallest absolute Gasteiger partial charge is 0.155 e. The van der Waals surface area contributed by atoms with Gasteiger partial charge in [0.05, 0.1) is 10.5 Å². The maximum Gasteiger partial charge on any atom is 0.155 e. The normalized spacial score (nSPS) is 24.3. The Balaban J connectivity index is 1.42. The first-order valence-corrected chi connectivity index (χ1v) is 12.5. The summed E-state index contributed by atoms with van der Waals surface area (Å²) in [5.74, 6) is 1.50. The minimum atomic E-state index is -2.99. The first-order valence-electron chi connectivity index (χ1n) is 10.8. The second-order valence-electron chi connectivity index (χ2n) is 9.68. The zero-order chi connectivity index (χ0) is 19.5. The summed E-state index contributed by atoms with van der Waals surface area (Å²) in [6.45, 7) is 7.87. The Morgan fingerprint density at radius 2 is 1.48 bits per heavy atom. The lowest BCUT2D eigenvalue weighted by atomic mass is 9.80. The third-order valence-electron chi connectivity index (χ3n) is 6.60. The van der Waals surface area contributed by atoms with Crippen molar-refractivity contribution in [3.63, 3.8) is 0 Å². The predicted molar refractivity (Wildman–Crippen MR) is 115 cm³/mol. The van der Waals surface area contributed by atoms with Crippen LogP contribution in [0.5, 0.6) is 0 Å². The minimum absolute atomic E-state index is 0.366. The minimum Gasteiger partial charge on any atom is -0.372 e. The van der Waals surface area contributed by atoms with Crippen molar-refractivity contribution in [1.29, 1.82) is 0 Å². The molecule has 0 unspecified atom stereocenters. The molecule has 3 rings (SSSR count). The maximum absolute atomic E-state index is 12.4. The summed E-state index contributed by atoms with van der Waals surface area (Å²) in [5.41, 5.74) is 2.81. The zero-order valence-electron chi connectivity index (χ0n) is 17.4. The molecule has 0 radical (unpaired) electrons. The summed E-state index contributed by atoms with van der Waals surface area (Å²) < 4.78 is 24.2. The van der Waals surface area contributed by atoms with E-state index in [1.165, 1.54) is 56.4 Å². The summed E-state index contributed by atoms with van der Waals surface area (Å²) in [7, 11) is -2.99. The van der Waals surface area contributed by atoms with Gasteiger partial charge in [0.1, 0.15) is 0 Å². The maximum atomic E-state index is 12.4. The van der Waals surface area contributed by atoms with Crippen LogP contribution in [0.1, 0.15) is 71.3 Å². The van der Waals surface area contributed by atoms with Crippen LogP contribution in [-0.4, -0.2) is 32.0 Å². The van der Waals surface area contributed by atoms with Gasteiger partial charge in [0.2, 0.25) is 0 Å². The lowest BCUT2D eigenvalue weighted by molar-refractivity contribution is 0.278. The quantitative estimate of drug-likeness (QED) is 0.665. The molecule has 0 N–H and O–H groups in total. The van der Waals surface area contributed by atoms with Gasteiger partial charge in [0.15, 0.2) is 9.84 Å². The molecule has 4 heteroatoms. The average Bonchev–Trinajstić information content (AvgIpc) is 3.15. The Kier molecular flexibility index (Phi) is 6.55. The van der Waals surface area contributed by atoms with Crippen LogP contribution in [0, 0.1) is 11.8 Å². The fourth-order valence-corrected chi connectivity index (χ4v) is 5.92. The highest BCUT2D eigenvalue weighted by Gasteiger charge is 2.33. The molecular weight excluding hydrogens is 354 g/mol. The lowest BCUT2D eigenvalue weighted by Gasteiger charge is -2.30. The van der Waals surface area contributed by atoms with Gasteiger partial charge in [-0.15, -0.1) is 0 Å². The molecule has 1 aromatic carbocycles. The second-order valence-corrected chi connectivity index (χ2v) is 12.5.